The molecule has 0 saturated carbocycles. The lowest BCUT2D eigenvalue weighted by molar-refractivity contribution is -0.167. The van der Waals surface area contributed by atoms with Crippen molar-refractivity contribution in [2.75, 3.05) is 13.2 Å². The van der Waals surface area contributed by atoms with E-state index >= 15 is 0 Å². The Morgan fingerprint density at radius 2 is 0.688 bits per heavy atom. The van der Waals surface area contributed by atoms with E-state index in [2.05, 4.69) is 154 Å². The molecular weight excluding hydrogens is 793 g/mol. The summed E-state index contributed by atoms with van der Waals surface area (Å²) in [6.07, 6.45) is 71.6. The molecule has 0 fully saturated rings. The smallest absolute Gasteiger partial charge is 0.306 e. The lowest BCUT2D eigenvalue weighted by Gasteiger charge is -2.18. The van der Waals surface area contributed by atoms with Crippen LogP contribution in [0.3, 0.4) is 0 Å². The van der Waals surface area contributed by atoms with Crippen molar-refractivity contribution >= 4 is 17.9 Å². The number of carbonyl (C=O) groups excluding carboxylic acids is 3. The minimum atomic E-state index is -0.841. The number of ether oxygens (including phenoxy) is 3. The Labute approximate surface area is 392 Å². The summed E-state index contributed by atoms with van der Waals surface area (Å²) in [6.45, 7) is 6.31. The Bertz CT molecular complexity index is 1430. The van der Waals surface area contributed by atoms with Crippen molar-refractivity contribution in [3.8, 4) is 0 Å². The molecule has 6 heteroatoms. The van der Waals surface area contributed by atoms with Gasteiger partial charge in [-0.05, 0) is 109 Å². The molecule has 0 amide bonds. The molecule has 0 aromatic carbocycles. The Balaban J connectivity index is 4.59. The van der Waals surface area contributed by atoms with Gasteiger partial charge in [0.25, 0.3) is 0 Å². The van der Waals surface area contributed by atoms with E-state index in [4.69, 9.17) is 14.2 Å². The maximum Gasteiger partial charge on any atom is 0.306 e. The second-order valence-corrected chi connectivity index (χ2v) is 16.1. The molecule has 0 rings (SSSR count). The Morgan fingerprint density at radius 1 is 0.344 bits per heavy atom. The topological polar surface area (TPSA) is 78.9 Å². The van der Waals surface area contributed by atoms with Gasteiger partial charge in [-0.1, -0.05) is 199 Å². The number of hydrogen-bond donors (Lipinski definition) is 0. The molecule has 0 aliphatic rings. The summed E-state index contributed by atoms with van der Waals surface area (Å²) in [5, 5.41) is 0. The van der Waals surface area contributed by atoms with Crippen molar-refractivity contribution in [3.05, 3.63) is 134 Å². The highest BCUT2D eigenvalue weighted by Gasteiger charge is 2.19. The largest absolute Gasteiger partial charge is 0.462 e. The molecule has 0 radical (unpaired) electrons. The first-order valence-electron chi connectivity index (χ1n) is 25.2. The SMILES string of the molecule is CC/C=C\C/C=C\C/C=C\CCCC(=O)OCC(COC(=O)CCCCCCC\C=C/C=C\C=C/C=C\CCCCC)OC(=O)CCC/C=C\C/C=C\C/C=C\C/C=C\CCCCC. The van der Waals surface area contributed by atoms with Gasteiger partial charge in [-0.25, -0.2) is 0 Å². The fourth-order valence-corrected chi connectivity index (χ4v) is 6.17. The molecule has 1 unspecified atom stereocenters. The molecule has 0 saturated heterocycles. The predicted molar refractivity (Wildman–Crippen MR) is 274 cm³/mol. The van der Waals surface area contributed by atoms with Gasteiger partial charge in [-0.2, -0.15) is 0 Å². The van der Waals surface area contributed by atoms with Crippen LogP contribution in [-0.4, -0.2) is 37.2 Å². The second kappa shape index (κ2) is 51.2. The highest BCUT2D eigenvalue weighted by Crippen LogP contribution is 2.11. The van der Waals surface area contributed by atoms with Crippen LogP contribution in [0.1, 0.15) is 194 Å². The highest BCUT2D eigenvalue weighted by molar-refractivity contribution is 5.71. The summed E-state index contributed by atoms with van der Waals surface area (Å²) in [5.74, 6) is -1.08. The first-order valence-corrected chi connectivity index (χ1v) is 25.2. The summed E-state index contributed by atoms with van der Waals surface area (Å²) in [6, 6.07) is 0. The molecule has 0 spiro atoms. The molecule has 0 N–H and O–H groups in total. The van der Waals surface area contributed by atoms with Gasteiger partial charge in [-0.15, -0.1) is 0 Å². The third kappa shape index (κ3) is 48.6. The van der Waals surface area contributed by atoms with E-state index in [1.54, 1.807) is 0 Å². The second-order valence-electron chi connectivity index (χ2n) is 16.1. The van der Waals surface area contributed by atoms with E-state index in [0.717, 1.165) is 96.3 Å². The summed E-state index contributed by atoms with van der Waals surface area (Å²) >= 11 is 0. The molecule has 6 nitrogen and oxygen atoms in total. The fourth-order valence-electron chi connectivity index (χ4n) is 6.17. The molecule has 0 aliphatic heterocycles. The first kappa shape index (κ1) is 59.5. The number of unbranched alkanes of at least 4 members (excludes halogenated alkanes) is 13. The first-order chi connectivity index (χ1) is 31.5. The van der Waals surface area contributed by atoms with Crippen molar-refractivity contribution in [1.82, 2.24) is 0 Å². The van der Waals surface area contributed by atoms with Crippen LogP contribution < -0.4 is 0 Å². The molecule has 0 heterocycles. The maximum atomic E-state index is 12.8. The summed E-state index contributed by atoms with van der Waals surface area (Å²) in [5.41, 5.74) is 0. The van der Waals surface area contributed by atoms with Crippen LogP contribution in [0.2, 0.25) is 0 Å². The molecule has 0 aliphatic carbocycles. The number of carbonyl (C=O) groups is 3. The third-order valence-electron chi connectivity index (χ3n) is 9.95. The normalized spacial score (nSPS) is 13.2. The zero-order chi connectivity index (χ0) is 46.5. The Morgan fingerprint density at radius 3 is 1.16 bits per heavy atom. The average Bonchev–Trinajstić information content (AvgIpc) is 3.29. The van der Waals surface area contributed by atoms with Crippen molar-refractivity contribution < 1.29 is 28.6 Å². The molecule has 0 aromatic heterocycles. The van der Waals surface area contributed by atoms with Crippen LogP contribution in [0.5, 0.6) is 0 Å². The Kier molecular flexibility index (Phi) is 47.6. The van der Waals surface area contributed by atoms with Crippen molar-refractivity contribution in [2.24, 2.45) is 0 Å². The lowest BCUT2D eigenvalue weighted by Crippen LogP contribution is -2.30. The number of rotatable bonds is 43. The van der Waals surface area contributed by atoms with E-state index in [9.17, 15) is 14.4 Å². The number of hydrogen-bond acceptors (Lipinski definition) is 6. The number of esters is 3. The van der Waals surface area contributed by atoms with E-state index in [0.29, 0.717) is 19.3 Å². The van der Waals surface area contributed by atoms with Crippen LogP contribution in [0.25, 0.3) is 0 Å². The predicted octanol–water partition coefficient (Wildman–Crippen LogP) is 16.7. The van der Waals surface area contributed by atoms with Gasteiger partial charge in [0.1, 0.15) is 13.2 Å². The Hall–Kier alpha value is -4.45. The van der Waals surface area contributed by atoms with Gasteiger partial charge in [0.05, 0.1) is 0 Å². The van der Waals surface area contributed by atoms with E-state index in [1.165, 1.54) is 44.9 Å². The zero-order valence-electron chi connectivity index (χ0n) is 40.7. The summed E-state index contributed by atoms with van der Waals surface area (Å²) in [7, 11) is 0. The summed E-state index contributed by atoms with van der Waals surface area (Å²) in [4.78, 5) is 37.9. The van der Waals surface area contributed by atoms with Gasteiger partial charge in [0, 0.05) is 19.3 Å². The average molecular weight is 883 g/mol. The molecular formula is C58H90O6. The van der Waals surface area contributed by atoms with Crippen molar-refractivity contribution in [1.29, 1.82) is 0 Å². The quantitative estimate of drug-likeness (QED) is 0.0200. The molecule has 0 aromatic rings. The molecule has 0 bridgehead atoms. The lowest BCUT2D eigenvalue weighted by atomic mass is 10.1. The van der Waals surface area contributed by atoms with Gasteiger partial charge < -0.3 is 14.2 Å². The number of allylic oxidation sites excluding steroid dienone is 22. The van der Waals surface area contributed by atoms with Crippen LogP contribution in [0.15, 0.2) is 134 Å². The zero-order valence-corrected chi connectivity index (χ0v) is 40.7. The van der Waals surface area contributed by atoms with Gasteiger partial charge in [0.2, 0.25) is 0 Å². The minimum Gasteiger partial charge on any atom is -0.462 e. The van der Waals surface area contributed by atoms with Crippen LogP contribution in [-0.2, 0) is 28.6 Å². The van der Waals surface area contributed by atoms with Gasteiger partial charge in [-0.3, -0.25) is 14.4 Å². The molecule has 1 atom stereocenters. The monoisotopic (exact) mass is 883 g/mol. The van der Waals surface area contributed by atoms with E-state index in [1.807, 2.05) is 0 Å². The van der Waals surface area contributed by atoms with Crippen LogP contribution in [0, 0.1) is 0 Å². The van der Waals surface area contributed by atoms with E-state index < -0.39 is 12.1 Å². The maximum absolute atomic E-state index is 12.8. The van der Waals surface area contributed by atoms with Gasteiger partial charge >= 0.3 is 17.9 Å². The highest BCUT2D eigenvalue weighted by atomic mass is 16.6. The van der Waals surface area contributed by atoms with Crippen molar-refractivity contribution in [3.63, 3.8) is 0 Å². The van der Waals surface area contributed by atoms with Crippen LogP contribution in [0.4, 0.5) is 0 Å². The van der Waals surface area contributed by atoms with Crippen molar-refractivity contribution in [2.45, 2.75) is 200 Å². The third-order valence-corrected chi connectivity index (χ3v) is 9.95. The van der Waals surface area contributed by atoms with Gasteiger partial charge in [0.15, 0.2) is 6.10 Å². The minimum absolute atomic E-state index is 0.133. The molecule has 358 valence electrons. The standard InChI is InChI=1S/C58H90O6/c1-4-7-10-13-16-19-22-24-26-28-30-31-33-36-39-42-45-48-51-57(60)63-54-55(53-62-56(59)50-47-44-41-38-35-21-18-15-12-9-6-3)64-58(61)52-49-46-43-40-37-34-32-29-27-25-23-20-17-14-11-8-5-2/h9,12,16-22,24-28,30-32,34,38,40-41,43,55H,4-8,10-11,13-15,23,29,33,35-37,39,42,44-54H2,1-3H3/b12-9-,19-16-,20-17-,21-18-,24-22-,27-25-,28-26-,31-30-,34-32-,41-38-,43-40-. The van der Waals surface area contributed by atoms with E-state index in [-0.39, 0.29) is 38.0 Å². The van der Waals surface area contributed by atoms with Crippen LogP contribution >= 0.6 is 0 Å². The molecule has 64 heavy (non-hydrogen) atoms. The summed E-state index contributed by atoms with van der Waals surface area (Å²) < 4.78 is 16.6. The fraction of sp³-hybridized carbons (Fsp3) is 0.569.